The predicted octanol–water partition coefficient (Wildman–Crippen LogP) is 4.35. The fourth-order valence-electron chi connectivity index (χ4n) is 4.11. The van der Waals surface area contributed by atoms with Gasteiger partial charge >= 0.3 is 0 Å². The van der Waals surface area contributed by atoms with Gasteiger partial charge in [0.1, 0.15) is 5.84 Å². The second-order valence-electron chi connectivity index (χ2n) is 7.12. The van der Waals surface area contributed by atoms with E-state index in [-0.39, 0.29) is 0 Å². The van der Waals surface area contributed by atoms with Gasteiger partial charge in [-0.3, -0.25) is 5.41 Å². The molecule has 2 aliphatic heterocycles. The highest BCUT2D eigenvalue weighted by atomic mass is 16.5. The zero-order chi connectivity index (χ0) is 18.8. The van der Waals surface area contributed by atoms with Crippen molar-refractivity contribution in [3.05, 3.63) is 48.0 Å². The zero-order valence-electron chi connectivity index (χ0n) is 16.2. The molecule has 0 unspecified atom stereocenters. The first kappa shape index (κ1) is 17.9. The van der Waals surface area contributed by atoms with Crippen molar-refractivity contribution in [2.45, 2.75) is 32.7 Å². The van der Waals surface area contributed by atoms with E-state index in [0.717, 1.165) is 67.5 Å². The molecule has 2 N–H and O–H groups in total. The van der Waals surface area contributed by atoms with Gasteiger partial charge in [0, 0.05) is 24.7 Å². The van der Waals surface area contributed by atoms with Crippen LogP contribution in [-0.4, -0.2) is 43.0 Å². The minimum atomic E-state index is 0.461. The first-order chi connectivity index (χ1) is 13.2. The molecule has 0 saturated carbocycles. The number of rotatable bonds is 4. The van der Waals surface area contributed by atoms with E-state index in [9.17, 15) is 0 Å². The molecule has 2 aromatic rings. The number of para-hydroxylation sites is 2. The SMILES string of the molecule is CCN(CC)C(=N)c1ccc2c(c1)Oc1ccccc1N2C1CCNCC1. The maximum atomic E-state index is 8.54. The molecular weight excluding hydrogens is 336 g/mol. The number of hydrogen-bond acceptors (Lipinski definition) is 4. The molecule has 0 aliphatic carbocycles. The summed E-state index contributed by atoms with van der Waals surface area (Å²) < 4.78 is 6.26. The molecule has 2 aliphatic rings. The molecule has 0 atom stereocenters. The van der Waals surface area contributed by atoms with Crippen molar-refractivity contribution in [1.82, 2.24) is 10.2 Å². The van der Waals surface area contributed by atoms with Crippen LogP contribution in [0.5, 0.6) is 11.5 Å². The Morgan fingerprint density at radius 1 is 1.07 bits per heavy atom. The molecule has 142 valence electrons. The Kier molecular flexibility index (Phi) is 5.03. The quantitative estimate of drug-likeness (QED) is 0.626. The summed E-state index contributed by atoms with van der Waals surface area (Å²) in [6.07, 6.45) is 2.23. The maximum absolute atomic E-state index is 8.54. The number of anilines is 2. The third-order valence-corrected chi connectivity index (χ3v) is 5.59. The van der Waals surface area contributed by atoms with Crippen molar-refractivity contribution in [3.8, 4) is 11.5 Å². The van der Waals surface area contributed by atoms with Gasteiger partial charge in [-0.25, -0.2) is 0 Å². The van der Waals surface area contributed by atoms with E-state index in [4.69, 9.17) is 10.1 Å². The third kappa shape index (κ3) is 3.28. The van der Waals surface area contributed by atoms with Gasteiger partial charge in [0.15, 0.2) is 11.5 Å². The van der Waals surface area contributed by atoms with Crippen molar-refractivity contribution in [3.63, 3.8) is 0 Å². The number of nitrogens with one attached hydrogen (secondary N) is 2. The summed E-state index contributed by atoms with van der Waals surface area (Å²) in [7, 11) is 0. The Hall–Kier alpha value is -2.53. The smallest absolute Gasteiger partial charge is 0.151 e. The van der Waals surface area contributed by atoms with Gasteiger partial charge in [-0.1, -0.05) is 12.1 Å². The van der Waals surface area contributed by atoms with E-state index in [2.05, 4.69) is 53.2 Å². The van der Waals surface area contributed by atoms with E-state index in [0.29, 0.717) is 11.9 Å². The number of fused-ring (bicyclic) bond motifs is 2. The van der Waals surface area contributed by atoms with E-state index < -0.39 is 0 Å². The van der Waals surface area contributed by atoms with Crippen LogP contribution in [0.2, 0.25) is 0 Å². The summed E-state index contributed by atoms with van der Waals surface area (Å²) in [5, 5.41) is 12.0. The summed E-state index contributed by atoms with van der Waals surface area (Å²) in [6, 6.07) is 15.0. The van der Waals surface area contributed by atoms with Crippen LogP contribution in [0.4, 0.5) is 11.4 Å². The molecule has 2 aromatic carbocycles. The first-order valence-corrected chi connectivity index (χ1v) is 9.97. The van der Waals surface area contributed by atoms with Gasteiger partial charge in [0.2, 0.25) is 0 Å². The molecule has 5 nitrogen and oxygen atoms in total. The average Bonchev–Trinajstić information content (AvgIpc) is 2.73. The summed E-state index contributed by atoms with van der Waals surface area (Å²) in [5.41, 5.74) is 3.15. The van der Waals surface area contributed by atoms with Gasteiger partial charge in [-0.05, 0) is 70.1 Å². The largest absolute Gasteiger partial charge is 0.453 e. The normalized spacial score (nSPS) is 16.3. The van der Waals surface area contributed by atoms with Crippen LogP contribution < -0.4 is 15.0 Å². The molecule has 4 rings (SSSR count). The molecule has 1 fully saturated rings. The van der Waals surface area contributed by atoms with Gasteiger partial charge in [0.05, 0.1) is 11.4 Å². The number of amidine groups is 1. The summed E-state index contributed by atoms with van der Waals surface area (Å²) in [6.45, 7) is 7.92. The molecule has 2 heterocycles. The first-order valence-electron chi connectivity index (χ1n) is 9.97. The fourth-order valence-corrected chi connectivity index (χ4v) is 4.11. The van der Waals surface area contributed by atoms with Crippen LogP contribution in [-0.2, 0) is 0 Å². The molecule has 27 heavy (non-hydrogen) atoms. The number of piperidine rings is 1. The van der Waals surface area contributed by atoms with E-state index in [1.165, 1.54) is 0 Å². The van der Waals surface area contributed by atoms with Crippen molar-refractivity contribution in [2.24, 2.45) is 0 Å². The highest BCUT2D eigenvalue weighted by Crippen LogP contribution is 2.48. The Morgan fingerprint density at radius 3 is 2.52 bits per heavy atom. The molecule has 0 aromatic heterocycles. The molecule has 0 radical (unpaired) electrons. The Morgan fingerprint density at radius 2 is 1.78 bits per heavy atom. The van der Waals surface area contributed by atoms with Crippen LogP contribution in [0.3, 0.4) is 0 Å². The van der Waals surface area contributed by atoms with Gasteiger partial charge in [-0.15, -0.1) is 0 Å². The van der Waals surface area contributed by atoms with Gasteiger partial charge in [0.25, 0.3) is 0 Å². The average molecular weight is 364 g/mol. The minimum Gasteiger partial charge on any atom is -0.453 e. The second kappa shape index (κ2) is 7.61. The topological polar surface area (TPSA) is 51.6 Å². The number of benzene rings is 2. The minimum absolute atomic E-state index is 0.461. The van der Waals surface area contributed by atoms with E-state index in [1.54, 1.807) is 0 Å². The van der Waals surface area contributed by atoms with Crippen LogP contribution >= 0.6 is 0 Å². The lowest BCUT2D eigenvalue weighted by Crippen LogP contribution is -2.41. The lowest BCUT2D eigenvalue weighted by Gasteiger charge is -2.40. The lowest BCUT2D eigenvalue weighted by molar-refractivity contribution is 0.425. The number of nitrogens with zero attached hydrogens (tertiary/aromatic N) is 2. The second-order valence-corrected chi connectivity index (χ2v) is 7.12. The van der Waals surface area contributed by atoms with Crippen molar-refractivity contribution in [1.29, 1.82) is 5.41 Å². The summed E-state index contributed by atoms with van der Waals surface area (Å²) in [5.74, 6) is 2.30. The summed E-state index contributed by atoms with van der Waals surface area (Å²) in [4.78, 5) is 4.50. The number of hydrogen-bond donors (Lipinski definition) is 2. The van der Waals surface area contributed by atoms with Gasteiger partial charge < -0.3 is 19.9 Å². The van der Waals surface area contributed by atoms with Crippen molar-refractivity contribution >= 4 is 17.2 Å². The monoisotopic (exact) mass is 364 g/mol. The van der Waals surface area contributed by atoms with Gasteiger partial charge in [-0.2, -0.15) is 0 Å². The molecule has 0 amide bonds. The lowest BCUT2D eigenvalue weighted by atomic mass is 10.0. The predicted molar refractivity (Wildman–Crippen MR) is 111 cm³/mol. The zero-order valence-corrected chi connectivity index (χ0v) is 16.2. The summed E-state index contributed by atoms with van der Waals surface area (Å²) >= 11 is 0. The van der Waals surface area contributed by atoms with Crippen molar-refractivity contribution < 1.29 is 4.74 Å². The molecule has 1 saturated heterocycles. The van der Waals surface area contributed by atoms with Crippen LogP contribution in [0.15, 0.2) is 42.5 Å². The van der Waals surface area contributed by atoms with Crippen molar-refractivity contribution in [2.75, 3.05) is 31.1 Å². The Labute approximate surface area is 161 Å². The van der Waals surface area contributed by atoms with Crippen LogP contribution in [0.1, 0.15) is 32.3 Å². The molecule has 0 bridgehead atoms. The van der Waals surface area contributed by atoms with E-state index in [1.807, 2.05) is 18.2 Å². The Bertz CT molecular complexity index is 825. The third-order valence-electron chi connectivity index (χ3n) is 5.59. The highest BCUT2D eigenvalue weighted by Gasteiger charge is 2.31. The molecule has 0 spiro atoms. The van der Waals surface area contributed by atoms with Crippen LogP contribution in [0, 0.1) is 5.41 Å². The van der Waals surface area contributed by atoms with Crippen LogP contribution in [0.25, 0.3) is 0 Å². The standard InChI is InChI=1S/C22H28N4O/c1-3-25(4-2)22(23)16-9-10-19-21(15-16)27-20-8-6-5-7-18(20)26(19)17-11-13-24-14-12-17/h5-10,15,17,23-24H,3-4,11-14H2,1-2H3. The molecule has 5 heteroatoms. The number of ether oxygens (including phenoxy) is 1. The Balaban J connectivity index is 1.74. The van der Waals surface area contributed by atoms with E-state index >= 15 is 0 Å². The molecular formula is C22H28N4O. The fraction of sp³-hybridized carbons (Fsp3) is 0.409. The highest BCUT2D eigenvalue weighted by molar-refractivity contribution is 5.98. The maximum Gasteiger partial charge on any atom is 0.151 e.